The molecule has 0 N–H and O–H groups in total. The third-order valence-electron chi connectivity index (χ3n) is 3.75. The van der Waals surface area contributed by atoms with Crippen LogP contribution in [0.3, 0.4) is 0 Å². The molecule has 0 unspecified atom stereocenters. The maximum atomic E-state index is 2.40. The first-order valence-corrected chi connectivity index (χ1v) is 7.97. The van der Waals surface area contributed by atoms with Gasteiger partial charge in [0.2, 0.25) is 0 Å². The number of rotatable bonds is 1. The lowest BCUT2D eigenvalue weighted by atomic mass is 10.1. The molecule has 2 heterocycles. The van der Waals surface area contributed by atoms with Crippen LogP contribution in [0, 0.1) is 20.8 Å². The van der Waals surface area contributed by atoms with Gasteiger partial charge in [-0.05, 0) is 56.5 Å². The minimum Gasteiger partial charge on any atom is -0.224 e. The maximum Gasteiger partial charge on any atom is 0.323 e. The van der Waals surface area contributed by atoms with Crippen LogP contribution < -0.4 is 4.57 Å². The number of fused-ring (bicyclic) bond motifs is 1. The van der Waals surface area contributed by atoms with E-state index in [1.807, 2.05) is 11.8 Å². The Morgan fingerprint density at radius 3 is 2.58 bits per heavy atom. The number of imidazole rings is 1. The van der Waals surface area contributed by atoms with Gasteiger partial charge in [0.15, 0.2) is 0 Å². The van der Waals surface area contributed by atoms with Crippen molar-refractivity contribution < 1.29 is 4.57 Å². The summed E-state index contributed by atoms with van der Waals surface area (Å²) in [6.07, 6.45) is 7.06. The van der Waals surface area contributed by atoms with Crippen molar-refractivity contribution in [1.82, 2.24) is 4.57 Å². The van der Waals surface area contributed by atoms with Gasteiger partial charge in [-0.15, -0.1) is 0 Å². The van der Waals surface area contributed by atoms with E-state index < -0.39 is 0 Å². The summed E-state index contributed by atoms with van der Waals surface area (Å²) in [4.78, 5) is 0. The van der Waals surface area contributed by atoms with Crippen LogP contribution >= 0.6 is 11.8 Å². The highest BCUT2D eigenvalue weighted by Gasteiger charge is 2.23. The van der Waals surface area contributed by atoms with Crippen LogP contribution in [0.15, 0.2) is 29.7 Å². The molecule has 1 aromatic carbocycles. The SMILES string of the molecule is Cc1cc(C)c(-n2cc[n+]3c2SCCCC3)c(C)c1. The number of nitrogens with zero attached hydrogens (tertiary/aromatic N) is 2. The highest BCUT2D eigenvalue weighted by Crippen LogP contribution is 2.27. The van der Waals surface area contributed by atoms with Crippen LogP contribution in [-0.4, -0.2) is 10.3 Å². The number of hydrogen-bond acceptors (Lipinski definition) is 1. The van der Waals surface area contributed by atoms with Gasteiger partial charge in [-0.3, -0.25) is 0 Å². The molecule has 0 amide bonds. The van der Waals surface area contributed by atoms with E-state index >= 15 is 0 Å². The minimum atomic E-state index is 1.15. The van der Waals surface area contributed by atoms with Crippen molar-refractivity contribution in [1.29, 1.82) is 0 Å². The zero-order valence-electron chi connectivity index (χ0n) is 11.9. The average molecular weight is 273 g/mol. The van der Waals surface area contributed by atoms with Crippen LogP contribution in [0.5, 0.6) is 0 Å². The fourth-order valence-electron chi connectivity index (χ4n) is 3.01. The average Bonchev–Trinajstić information content (AvgIpc) is 2.58. The third-order valence-corrected chi connectivity index (χ3v) is 4.93. The Bertz CT molecular complexity index is 590. The number of benzene rings is 1. The number of thioether (sulfide) groups is 1. The zero-order valence-corrected chi connectivity index (χ0v) is 12.8. The Balaban J connectivity index is 2.15. The summed E-state index contributed by atoms with van der Waals surface area (Å²) < 4.78 is 4.77. The molecule has 1 aromatic heterocycles. The van der Waals surface area contributed by atoms with Crippen molar-refractivity contribution >= 4 is 11.8 Å². The van der Waals surface area contributed by atoms with Gasteiger partial charge in [-0.25, -0.2) is 4.57 Å². The Morgan fingerprint density at radius 1 is 1.11 bits per heavy atom. The molecule has 0 radical (unpaired) electrons. The normalized spacial score (nSPS) is 15.1. The predicted molar refractivity (Wildman–Crippen MR) is 80.1 cm³/mol. The highest BCUT2D eigenvalue weighted by atomic mass is 32.2. The van der Waals surface area contributed by atoms with Crippen molar-refractivity contribution in [2.75, 3.05) is 5.75 Å². The summed E-state index contributed by atoms with van der Waals surface area (Å²) in [7, 11) is 0. The predicted octanol–water partition coefficient (Wildman–Crippen LogP) is 3.58. The first-order chi connectivity index (χ1) is 9.16. The van der Waals surface area contributed by atoms with E-state index in [1.165, 1.54) is 46.1 Å². The molecule has 0 aliphatic carbocycles. The Labute approximate surface area is 119 Å². The molecule has 2 nitrogen and oxygen atoms in total. The topological polar surface area (TPSA) is 8.81 Å². The van der Waals surface area contributed by atoms with Crippen LogP contribution in [0.1, 0.15) is 29.5 Å². The monoisotopic (exact) mass is 273 g/mol. The minimum absolute atomic E-state index is 1.15. The Kier molecular flexibility index (Phi) is 3.40. The molecule has 2 aromatic rings. The number of hydrogen-bond donors (Lipinski definition) is 0. The van der Waals surface area contributed by atoms with E-state index in [-0.39, 0.29) is 0 Å². The van der Waals surface area contributed by atoms with Crippen molar-refractivity contribution in [3.63, 3.8) is 0 Å². The number of aryl methyl sites for hydroxylation is 4. The van der Waals surface area contributed by atoms with E-state index in [1.54, 1.807) is 0 Å². The molecule has 100 valence electrons. The van der Waals surface area contributed by atoms with Gasteiger partial charge < -0.3 is 0 Å². The summed E-state index contributed by atoms with van der Waals surface area (Å²) >= 11 is 1.99. The smallest absolute Gasteiger partial charge is 0.224 e. The lowest BCUT2D eigenvalue weighted by molar-refractivity contribution is -0.732. The summed E-state index contributed by atoms with van der Waals surface area (Å²) in [6.45, 7) is 7.75. The van der Waals surface area contributed by atoms with Gasteiger partial charge in [0.25, 0.3) is 0 Å². The lowest BCUT2D eigenvalue weighted by Gasteiger charge is -2.09. The molecule has 0 spiro atoms. The highest BCUT2D eigenvalue weighted by molar-refractivity contribution is 7.99. The molecule has 0 saturated heterocycles. The van der Waals surface area contributed by atoms with E-state index in [0.29, 0.717) is 0 Å². The van der Waals surface area contributed by atoms with Gasteiger partial charge >= 0.3 is 5.16 Å². The Morgan fingerprint density at radius 2 is 1.84 bits per heavy atom. The summed E-state index contributed by atoms with van der Waals surface area (Å²) in [5.41, 5.74) is 5.42. The van der Waals surface area contributed by atoms with Crippen molar-refractivity contribution in [3.05, 3.63) is 41.2 Å². The summed E-state index contributed by atoms with van der Waals surface area (Å²) in [6, 6.07) is 4.56. The van der Waals surface area contributed by atoms with Gasteiger partial charge in [0.05, 0.1) is 6.54 Å². The molecule has 19 heavy (non-hydrogen) atoms. The van der Waals surface area contributed by atoms with Crippen molar-refractivity contribution in [3.8, 4) is 5.69 Å². The Hall–Kier alpha value is -1.22. The van der Waals surface area contributed by atoms with Crippen LogP contribution in [0.25, 0.3) is 5.69 Å². The maximum absolute atomic E-state index is 2.40. The molecule has 3 heteroatoms. The van der Waals surface area contributed by atoms with E-state index in [9.17, 15) is 0 Å². The van der Waals surface area contributed by atoms with Crippen molar-refractivity contribution in [2.45, 2.75) is 45.3 Å². The first kappa shape index (κ1) is 12.8. The molecule has 1 aliphatic rings. The van der Waals surface area contributed by atoms with Gasteiger partial charge in [0.1, 0.15) is 18.1 Å². The quantitative estimate of drug-likeness (QED) is 0.721. The van der Waals surface area contributed by atoms with Crippen LogP contribution in [0.4, 0.5) is 0 Å². The molecular weight excluding hydrogens is 252 g/mol. The first-order valence-electron chi connectivity index (χ1n) is 6.98. The molecular formula is C16H21N2S+. The van der Waals surface area contributed by atoms with Gasteiger partial charge in [0, 0.05) is 5.75 Å². The van der Waals surface area contributed by atoms with Crippen LogP contribution in [-0.2, 0) is 6.54 Å². The second-order valence-electron chi connectivity index (χ2n) is 5.45. The third kappa shape index (κ3) is 2.32. The van der Waals surface area contributed by atoms with E-state index in [4.69, 9.17) is 0 Å². The van der Waals surface area contributed by atoms with Crippen LogP contribution in [0.2, 0.25) is 0 Å². The largest absolute Gasteiger partial charge is 0.323 e. The second kappa shape index (κ2) is 5.04. The number of aromatic nitrogens is 2. The van der Waals surface area contributed by atoms with Gasteiger partial charge in [-0.1, -0.05) is 17.7 Å². The second-order valence-corrected chi connectivity index (χ2v) is 6.51. The molecule has 3 rings (SSSR count). The molecule has 0 fully saturated rings. The summed E-state index contributed by atoms with van der Waals surface area (Å²) in [5, 5.41) is 1.38. The standard InChI is InChI=1S/C16H21N2S/c1-12-10-13(2)15(14(3)11-12)18-8-7-17-6-4-5-9-19-16(17)18/h7-8,10-11H,4-6,9H2,1-3H3/q+1. The zero-order chi connectivity index (χ0) is 13.4. The fraction of sp³-hybridized carbons (Fsp3) is 0.438. The lowest BCUT2D eigenvalue weighted by Crippen LogP contribution is -2.33. The van der Waals surface area contributed by atoms with E-state index in [0.717, 1.165) is 6.54 Å². The molecule has 0 bridgehead atoms. The molecule has 0 atom stereocenters. The van der Waals surface area contributed by atoms with E-state index in [2.05, 4.69) is 54.4 Å². The fourth-order valence-corrected chi connectivity index (χ4v) is 4.15. The molecule has 1 aliphatic heterocycles. The van der Waals surface area contributed by atoms with Gasteiger partial charge in [-0.2, -0.15) is 4.57 Å². The summed E-state index contributed by atoms with van der Waals surface area (Å²) in [5.74, 6) is 1.23. The van der Waals surface area contributed by atoms with Crippen molar-refractivity contribution in [2.24, 2.45) is 0 Å². The molecule has 0 saturated carbocycles.